The van der Waals surface area contributed by atoms with Crippen LogP contribution in [0.1, 0.15) is 33.1 Å². The minimum Gasteiger partial charge on any atom is -0.486 e. The molecule has 0 bridgehead atoms. The summed E-state index contributed by atoms with van der Waals surface area (Å²) in [6.07, 6.45) is -4.39. The van der Waals surface area contributed by atoms with Crippen molar-refractivity contribution in [2.45, 2.75) is 50.9 Å². The van der Waals surface area contributed by atoms with Crippen molar-refractivity contribution in [2.24, 2.45) is 5.41 Å². The summed E-state index contributed by atoms with van der Waals surface area (Å²) < 4.78 is 45.9. The van der Waals surface area contributed by atoms with E-state index < -0.39 is 17.8 Å². The first-order valence-electron chi connectivity index (χ1n) is 8.55. The van der Waals surface area contributed by atoms with Crippen LogP contribution in [0.5, 0.6) is 5.75 Å². The molecule has 2 N–H and O–H groups in total. The van der Waals surface area contributed by atoms with Crippen molar-refractivity contribution in [3.63, 3.8) is 0 Å². The van der Waals surface area contributed by atoms with Crippen LogP contribution in [0.3, 0.4) is 0 Å². The first-order valence-corrected chi connectivity index (χ1v) is 8.55. The topological polar surface area (TPSA) is 85.6 Å². The molecular formula is C18H20F3N3O3. The van der Waals surface area contributed by atoms with Gasteiger partial charge in [-0.2, -0.15) is 18.4 Å². The van der Waals surface area contributed by atoms with E-state index in [2.05, 4.69) is 11.4 Å². The number of carbonyl (C=O) groups is 1. The van der Waals surface area contributed by atoms with E-state index in [0.717, 1.165) is 26.7 Å². The van der Waals surface area contributed by atoms with E-state index in [9.17, 15) is 28.3 Å². The van der Waals surface area contributed by atoms with Crippen LogP contribution in [0.15, 0.2) is 18.2 Å². The molecule has 6 nitrogen and oxygen atoms in total. The lowest BCUT2D eigenvalue weighted by molar-refractivity contribution is -0.175. The number of benzene rings is 1. The van der Waals surface area contributed by atoms with Crippen molar-refractivity contribution < 1.29 is 27.8 Å². The molecule has 1 heterocycles. The molecule has 0 saturated heterocycles. The Hall–Kier alpha value is -2.63. The molecule has 1 fully saturated rings. The highest BCUT2D eigenvalue weighted by Gasteiger charge is 2.54. The van der Waals surface area contributed by atoms with Crippen LogP contribution < -0.4 is 15.0 Å². The largest absolute Gasteiger partial charge is 0.486 e. The van der Waals surface area contributed by atoms with Crippen LogP contribution >= 0.6 is 0 Å². The maximum atomic E-state index is 13.3. The minimum atomic E-state index is -4.74. The Morgan fingerprint density at radius 2 is 2.11 bits per heavy atom. The Morgan fingerprint density at radius 1 is 1.44 bits per heavy atom. The standard InChI is InChI=1S/C18H20F3N3O3/c1-16(2,18(19,20)21)24(15(25)26)11-3-4-14-13(7-11)23-9-12(27-14)8-17(10-22)5-6-17/h3-4,7,12,23H,5-6,8-9H2,1-2H3,(H,25,26)/t12-/m1/s1. The molecule has 0 radical (unpaired) electrons. The fraction of sp³-hybridized carbons (Fsp3) is 0.556. The Labute approximate surface area is 154 Å². The van der Waals surface area contributed by atoms with Crippen LogP contribution in [0.2, 0.25) is 0 Å². The monoisotopic (exact) mass is 383 g/mol. The number of hydrogen-bond acceptors (Lipinski definition) is 4. The van der Waals surface area contributed by atoms with Gasteiger partial charge in [0.15, 0.2) is 0 Å². The van der Waals surface area contributed by atoms with Crippen molar-refractivity contribution in [2.75, 3.05) is 16.8 Å². The van der Waals surface area contributed by atoms with Gasteiger partial charge in [-0.1, -0.05) is 0 Å². The Morgan fingerprint density at radius 3 is 2.63 bits per heavy atom. The minimum absolute atomic E-state index is 0.103. The molecule has 1 atom stereocenters. The van der Waals surface area contributed by atoms with Crippen LogP contribution in [0.25, 0.3) is 0 Å². The maximum absolute atomic E-state index is 13.3. The number of nitrogens with one attached hydrogen (secondary N) is 1. The average molecular weight is 383 g/mol. The van der Waals surface area contributed by atoms with Crippen molar-refractivity contribution in [1.29, 1.82) is 5.26 Å². The fourth-order valence-corrected chi connectivity index (χ4v) is 3.20. The van der Waals surface area contributed by atoms with E-state index in [1.807, 2.05) is 0 Å². The van der Waals surface area contributed by atoms with Crippen molar-refractivity contribution in [1.82, 2.24) is 0 Å². The number of nitrogens with zero attached hydrogens (tertiary/aromatic N) is 2. The highest BCUT2D eigenvalue weighted by molar-refractivity contribution is 5.89. The van der Waals surface area contributed by atoms with Gasteiger partial charge in [0.05, 0.1) is 29.4 Å². The van der Waals surface area contributed by atoms with Crippen molar-refractivity contribution >= 4 is 17.5 Å². The Kier molecular flexibility index (Phi) is 4.41. The van der Waals surface area contributed by atoms with E-state index in [1.165, 1.54) is 18.2 Å². The molecule has 146 valence electrons. The van der Waals surface area contributed by atoms with Gasteiger partial charge in [-0.3, -0.25) is 4.90 Å². The molecule has 3 rings (SSSR count). The molecule has 2 aliphatic rings. The third kappa shape index (κ3) is 3.48. The van der Waals surface area contributed by atoms with Gasteiger partial charge in [-0.15, -0.1) is 0 Å². The predicted molar refractivity (Wildman–Crippen MR) is 91.9 cm³/mol. The van der Waals surface area contributed by atoms with Gasteiger partial charge >= 0.3 is 12.3 Å². The zero-order valence-electron chi connectivity index (χ0n) is 14.9. The molecular weight excluding hydrogens is 363 g/mol. The quantitative estimate of drug-likeness (QED) is 0.806. The molecule has 1 aromatic carbocycles. The van der Waals surface area contributed by atoms with Gasteiger partial charge in [0, 0.05) is 6.42 Å². The second kappa shape index (κ2) is 6.22. The van der Waals surface area contributed by atoms with E-state index in [-0.39, 0.29) is 17.2 Å². The zero-order valence-corrected chi connectivity index (χ0v) is 14.9. The number of amides is 1. The van der Waals surface area contributed by atoms with Gasteiger partial charge in [-0.05, 0) is 44.9 Å². The number of fused-ring (bicyclic) bond motifs is 1. The van der Waals surface area contributed by atoms with Crippen molar-refractivity contribution in [3.8, 4) is 11.8 Å². The molecule has 0 unspecified atom stereocenters. The van der Waals surface area contributed by atoms with Gasteiger partial charge in [0.2, 0.25) is 0 Å². The number of anilines is 2. The van der Waals surface area contributed by atoms with Gasteiger partial charge in [0.25, 0.3) is 0 Å². The number of carboxylic acid groups (broad SMARTS) is 1. The SMILES string of the molecule is CC(C)(N(C(=O)O)c1ccc2c(c1)NC[C@@H](CC1(C#N)CC1)O2)C(F)(F)F. The van der Waals surface area contributed by atoms with Crippen LogP contribution in [-0.4, -0.2) is 35.6 Å². The third-order valence-corrected chi connectivity index (χ3v) is 5.19. The number of alkyl halides is 3. The summed E-state index contributed by atoms with van der Waals surface area (Å²) in [4.78, 5) is 11.9. The number of nitriles is 1. The second-order valence-electron chi connectivity index (χ2n) is 7.57. The van der Waals surface area contributed by atoms with E-state index in [0.29, 0.717) is 29.3 Å². The lowest BCUT2D eigenvalue weighted by Crippen LogP contribution is -2.57. The molecule has 1 aliphatic heterocycles. The van der Waals surface area contributed by atoms with E-state index in [4.69, 9.17) is 4.74 Å². The third-order valence-electron chi connectivity index (χ3n) is 5.19. The summed E-state index contributed by atoms with van der Waals surface area (Å²) in [5, 5.41) is 21.6. The van der Waals surface area contributed by atoms with E-state index >= 15 is 0 Å². The van der Waals surface area contributed by atoms with E-state index in [1.54, 1.807) is 0 Å². The lowest BCUT2D eigenvalue weighted by atomic mass is 9.99. The summed E-state index contributed by atoms with van der Waals surface area (Å²) in [5.41, 5.74) is -2.61. The molecule has 1 aliphatic carbocycles. The van der Waals surface area contributed by atoms with Crippen LogP contribution in [0.4, 0.5) is 29.3 Å². The molecule has 27 heavy (non-hydrogen) atoms. The summed E-state index contributed by atoms with van der Waals surface area (Å²) in [6, 6.07) is 6.39. The zero-order chi connectivity index (χ0) is 20.0. The average Bonchev–Trinajstić information content (AvgIpc) is 3.33. The number of halogens is 3. The summed E-state index contributed by atoms with van der Waals surface area (Å²) in [7, 11) is 0. The summed E-state index contributed by atoms with van der Waals surface area (Å²) in [5.74, 6) is 0.430. The number of hydrogen-bond donors (Lipinski definition) is 2. The number of ether oxygens (including phenoxy) is 1. The smallest absolute Gasteiger partial charge is 0.412 e. The second-order valence-corrected chi connectivity index (χ2v) is 7.57. The van der Waals surface area contributed by atoms with Crippen molar-refractivity contribution in [3.05, 3.63) is 18.2 Å². The van der Waals surface area contributed by atoms with Gasteiger partial charge in [0.1, 0.15) is 17.4 Å². The Balaban J connectivity index is 1.84. The lowest BCUT2D eigenvalue weighted by Gasteiger charge is -2.38. The van der Waals surface area contributed by atoms with Gasteiger partial charge in [-0.25, -0.2) is 4.79 Å². The first kappa shape index (κ1) is 19.1. The molecule has 1 amide bonds. The Bertz CT molecular complexity index is 797. The molecule has 0 spiro atoms. The normalized spacial score (nSPS) is 20.5. The molecule has 1 aromatic rings. The first-order chi connectivity index (χ1) is 12.5. The summed E-state index contributed by atoms with van der Waals surface area (Å²) >= 11 is 0. The molecule has 9 heteroatoms. The summed E-state index contributed by atoms with van der Waals surface area (Å²) in [6.45, 7) is 2.03. The highest BCUT2D eigenvalue weighted by atomic mass is 19.4. The molecule has 1 saturated carbocycles. The molecule has 0 aromatic heterocycles. The highest BCUT2D eigenvalue weighted by Crippen LogP contribution is 2.50. The van der Waals surface area contributed by atoms with Crippen LogP contribution in [0, 0.1) is 16.7 Å². The maximum Gasteiger partial charge on any atom is 0.412 e. The van der Waals surface area contributed by atoms with Gasteiger partial charge < -0.3 is 15.2 Å². The predicted octanol–water partition coefficient (Wildman–Crippen LogP) is 4.38. The number of rotatable bonds is 4. The fourth-order valence-electron chi connectivity index (χ4n) is 3.20. The van der Waals surface area contributed by atoms with Crippen LogP contribution in [-0.2, 0) is 0 Å².